The molecule has 6 nitrogen and oxygen atoms in total. The normalized spacial score (nSPS) is 15.4. The molecule has 21 heavy (non-hydrogen) atoms. The number of rotatable bonds is 8. The quantitative estimate of drug-likeness (QED) is 0.743. The average molecular weight is 313 g/mol. The smallest absolute Gasteiger partial charge is 0.231 e. The van der Waals surface area contributed by atoms with Crippen molar-refractivity contribution in [2.45, 2.75) is 33.1 Å². The molecule has 1 saturated heterocycles. The molecule has 0 amide bonds. The molecule has 0 bridgehead atoms. The molecule has 1 fully saturated rings. The van der Waals surface area contributed by atoms with Gasteiger partial charge in [-0.05, 0) is 64.3 Å². The van der Waals surface area contributed by atoms with Crippen molar-refractivity contribution in [3.05, 3.63) is 5.28 Å². The first-order valence-electron chi connectivity index (χ1n) is 7.85. The summed E-state index contributed by atoms with van der Waals surface area (Å²) in [6.07, 6.45) is 3.76. The van der Waals surface area contributed by atoms with Gasteiger partial charge >= 0.3 is 0 Å². The summed E-state index contributed by atoms with van der Waals surface area (Å²) < 4.78 is 0. The number of likely N-dealkylation sites (tertiary alicyclic amines) is 1. The van der Waals surface area contributed by atoms with Crippen LogP contribution in [0.4, 0.5) is 11.9 Å². The SMILES string of the molecule is CCN(CC)c1nc(Cl)nc(NCCCN2CCCC2)n1. The van der Waals surface area contributed by atoms with E-state index in [0.29, 0.717) is 11.9 Å². The summed E-state index contributed by atoms with van der Waals surface area (Å²) in [6.45, 7) is 10.3. The van der Waals surface area contributed by atoms with Crippen LogP contribution in [0.2, 0.25) is 5.28 Å². The fourth-order valence-electron chi connectivity index (χ4n) is 2.58. The maximum atomic E-state index is 5.99. The van der Waals surface area contributed by atoms with Gasteiger partial charge in [0, 0.05) is 19.6 Å². The summed E-state index contributed by atoms with van der Waals surface area (Å²) in [6, 6.07) is 0. The number of hydrogen-bond acceptors (Lipinski definition) is 6. The molecular weight excluding hydrogens is 288 g/mol. The molecule has 0 atom stereocenters. The van der Waals surface area contributed by atoms with Crippen molar-refractivity contribution >= 4 is 23.5 Å². The van der Waals surface area contributed by atoms with Gasteiger partial charge in [0.15, 0.2) is 0 Å². The lowest BCUT2D eigenvalue weighted by Gasteiger charge is -2.19. The van der Waals surface area contributed by atoms with E-state index < -0.39 is 0 Å². The van der Waals surface area contributed by atoms with Crippen molar-refractivity contribution in [1.29, 1.82) is 0 Å². The molecule has 2 rings (SSSR count). The molecule has 1 aromatic heterocycles. The van der Waals surface area contributed by atoms with E-state index in [2.05, 4.69) is 43.9 Å². The maximum Gasteiger partial charge on any atom is 0.231 e. The zero-order valence-corrected chi connectivity index (χ0v) is 13.7. The Bertz CT molecular complexity index is 431. The molecule has 1 aliphatic rings. The third-order valence-electron chi connectivity index (χ3n) is 3.78. The van der Waals surface area contributed by atoms with Gasteiger partial charge < -0.3 is 15.1 Å². The van der Waals surface area contributed by atoms with Gasteiger partial charge in [-0.15, -0.1) is 0 Å². The second-order valence-electron chi connectivity index (χ2n) is 5.23. The molecule has 0 saturated carbocycles. The Hall–Kier alpha value is -1.14. The molecule has 0 radical (unpaired) electrons. The van der Waals surface area contributed by atoms with E-state index in [1.807, 2.05) is 0 Å². The van der Waals surface area contributed by atoms with Crippen molar-refractivity contribution < 1.29 is 0 Å². The zero-order chi connectivity index (χ0) is 15.1. The van der Waals surface area contributed by atoms with Crippen LogP contribution in [0, 0.1) is 0 Å². The van der Waals surface area contributed by atoms with Gasteiger partial charge in [-0.2, -0.15) is 15.0 Å². The molecule has 0 aromatic carbocycles. The van der Waals surface area contributed by atoms with Gasteiger partial charge in [0.2, 0.25) is 17.2 Å². The van der Waals surface area contributed by atoms with Crippen LogP contribution in [0.3, 0.4) is 0 Å². The lowest BCUT2D eigenvalue weighted by molar-refractivity contribution is 0.337. The zero-order valence-electron chi connectivity index (χ0n) is 13.0. The number of anilines is 2. The molecule has 0 unspecified atom stereocenters. The van der Waals surface area contributed by atoms with Crippen LogP contribution in [-0.4, -0.2) is 59.1 Å². The fourth-order valence-corrected chi connectivity index (χ4v) is 2.73. The molecule has 7 heteroatoms. The highest BCUT2D eigenvalue weighted by Crippen LogP contribution is 2.13. The van der Waals surface area contributed by atoms with Gasteiger partial charge in [0.1, 0.15) is 0 Å². The Morgan fingerprint density at radius 3 is 2.52 bits per heavy atom. The molecule has 2 heterocycles. The Kier molecular flexibility index (Phi) is 6.45. The Morgan fingerprint density at radius 1 is 1.14 bits per heavy atom. The Balaban J connectivity index is 1.84. The lowest BCUT2D eigenvalue weighted by Crippen LogP contribution is -2.25. The second kappa shape index (κ2) is 8.34. The van der Waals surface area contributed by atoms with Crippen LogP contribution in [0.15, 0.2) is 0 Å². The summed E-state index contributed by atoms with van der Waals surface area (Å²) >= 11 is 5.99. The monoisotopic (exact) mass is 312 g/mol. The standard InChI is InChI=1S/C14H25ClN6/c1-3-21(4-2)14-18-12(15)17-13(19-14)16-8-7-11-20-9-5-6-10-20/h3-11H2,1-2H3,(H,16,17,18,19). The Labute approximate surface area is 131 Å². The van der Waals surface area contributed by atoms with Crippen LogP contribution in [-0.2, 0) is 0 Å². The van der Waals surface area contributed by atoms with E-state index in [1.165, 1.54) is 25.9 Å². The third kappa shape index (κ3) is 4.97. The average Bonchev–Trinajstić information content (AvgIpc) is 2.98. The van der Waals surface area contributed by atoms with E-state index >= 15 is 0 Å². The molecule has 0 aliphatic carbocycles. The largest absolute Gasteiger partial charge is 0.354 e. The summed E-state index contributed by atoms with van der Waals surface area (Å²) in [7, 11) is 0. The highest BCUT2D eigenvalue weighted by Gasteiger charge is 2.11. The van der Waals surface area contributed by atoms with E-state index in [-0.39, 0.29) is 5.28 Å². The minimum Gasteiger partial charge on any atom is -0.354 e. The minimum atomic E-state index is 0.244. The third-order valence-corrected chi connectivity index (χ3v) is 3.94. The lowest BCUT2D eigenvalue weighted by atomic mass is 10.4. The fraction of sp³-hybridized carbons (Fsp3) is 0.786. The Morgan fingerprint density at radius 2 is 1.86 bits per heavy atom. The predicted molar refractivity (Wildman–Crippen MR) is 87.2 cm³/mol. The second-order valence-corrected chi connectivity index (χ2v) is 5.57. The van der Waals surface area contributed by atoms with Gasteiger partial charge in [0.05, 0.1) is 0 Å². The van der Waals surface area contributed by atoms with Gasteiger partial charge in [-0.3, -0.25) is 0 Å². The first-order chi connectivity index (χ1) is 10.2. The molecular formula is C14H25ClN6. The minimum absolute atomic E-state index is 0.244. The van der Waals surface area contributed by atoms with Crippen LogP contribution >= 0.6 is 11.6 Å². The van der Waals surface area contributed by atoms with Crippen molar-refractivity contribution in [3.63, 3.8) is 0 Å². The van der Waals surface area contributed by atoms with Gasteiger partial charge in [0.25, 0.3) is 0 Å². The van der Waals surface area contributed by atoms with Crippen molar-refractivity contribution in [3.8, 4) is 0 Å². The highest BCUT2D eigenvalue weighted by molar-refractivity contribution is 6.28. The topological polar surface area (TPSA) is 57.2 Å². The molecule has 118 valence electrons. The summed E-state index contributed by atoms with van der Waals surface area (Å²) in [4.78, 5) is 17.3. The number of nitrogens with zero attached hydrogens (tertiary/aromatic N) is 5. The van der Waals surface area contributed by atoms with Crippen molar-refractivity contribution in [1.82, 2.24) is 19.9 Å². The summed E-state index contributed by atoms with van der Waals surface area (Å²) in [5.74, 6) is 1.21. The number of aromatic nitrogens is 3. The summed E-state index contributed by atoms with van der Waals surface area (Å²) in [5.41, 5.74) is 0. The van der Waals surface area contributed by atoms with Gasteiger partial charge in [-0.1, -0.05) is 0 Å². The van der Waals surface area contributed by atoms with Crippen molar-refractivity contribution in [2.75, 3.05) is 49.5 Å². The maximum absolute atomic E-state index is 5.99. The molecule has 1 N–H and O–H groups in total. The van der Waals surface area contributed by atoms with E-state index in [0.717, 1.165) is 32.6 Å². The number of halogens is 1. The molecule has 0 spiro atoms. The summed E-state index contributed by atoms with van der Waals surface area (Å²) in [5, 5.41) is 3.50. The van der Waals surface area contributed by atoms with Crippen LogP contribution in [0.25, 0.3) is 0 Å². The number of nitrogens with one attached hydrogen (secondary N) is 1. The van der Waals surface area contributed by atoms with Crippen LogP contribution in [0.5, 0.6) is 0 Å². The predicted octanol–water partition coefficient (Wildman–Crippen LogP) is 2.27. The highest BCUT2D eigenvalue weighted by atomic mass is 35.5. The van der Waals surface area contributed by atoms with E-state index in [4.69, 9.17) is 11.6 Å². The van der Waals surface area contributed by atoms with Crippen molar-refractivity contribution in [2.24, 2.45) is 0 Å². The molecule has 1 aliphatic heterocycles. The van der Waals surface area contributed by atoms with Crippen LogP contribution in [0.1, 0.15) is 33.1 Å². The van der Waals surface area contributed by atoms with Gasteiger partial charge in [-0.25, -0.2) is 0 Å². The molecule has 1 aromatic rings. The first kappa shape index (κ1) is 16.2. The number of hydrogen-bond donors (Lipinski definition) is 1. The van der Waals surface area contributed by atoms with Crippen LogP contribution < -0.4 is 10.2 Å². The first-order valence-corrected chi connectivity index (χ1v) is 8.23. The van der Waals surface area contributed by atoms with E-state index in [9.17, 15) is 0 Å². The van der Waals surface area contributed by atoms with E-state index in [1.54, 1.807) is 0 Å².